The number of hydrogen-bond donors (Lipinski definition) is 0. The standard InChI is InChI=1S/C53H33N3O/c1-3-10-34(11-4-1)35-18-20-36(21-19-35)37-22-25-40(26-23-37)52-54-51(39-13-5-2-6-14-39)55-53(56-52)46-16-9-17-49-50(46)47-33-42(29-31-48(47)57-49)41-28-30-45-43(32-41)27-24-38-12-7-8-15-44(38)45/h1-33H. The van der Waals surface area contributed by atoms with Crippen LogP contribution in [0.5, 0.6) is 0 Å². The van der Waals surface area contributed by atoms with Crippen LogP contribution in [0.1, 0.15) is 0 Å². The van der Waals surface area contributed by atoms with E-state index in [0.29, 0.717) is 17.5 Å². The van der Waals surface area contributed by atoms with Gasteiger partial charge in [-0.05, 0) is 79.2 Å². The maximum Gasteiger partial charge on any atom is 0.164 e. The predicted octanol–water partition coefficient (Wildman–Crippen LogP) is 14.1. The van der Waals surface area contributed by atoms with Crippen LogP contribution in [-0.4, -0.2) is 15.0 Å². The quantitative estimate of drug-likeness (QED) is 0.160. The van der Waals surface area contributed by atoms with Crippen LogP contribution in [0.25, 0.3) is 111 Å². The van der Waals surface area contributed by atoms with Crippen molar-refractivity contribution in [2.45, 2.75) is 0 Å². The molecule has 0 amide bonds. The Hall–Kier alpha value is -7.69. The molecule has 0 saturated carbocycles. The van der Waals surface area contributed by atoms with Crippen molar-refractivity contribution < 1.29 is 4.42 Å². The number of nitrogens with zero attached hydrogens (tertiary/aromatic N) is 3. The molecule has 0 N–H and O–H groups in total. The third-order valence-electron chi connectivity index (χ3n) is 11.0. The van der Waals surface area contributed by atoms with Gasteiger partial charge in [-0.15, -0.1) is 0 Å². The van der Waals surface area contributed by atoms with E-state index in [1.807, 2.05) is 48.5 Å². The average molecular weight is 728 g/mol. The van der Waals surface area contributed by atoms with Crippen LogP contribution >= 0.6 is 0 Å². The number of rotatable bonds is 6. The highest BCUT2D eigenvalue weighted by Gasteiger charge is 2.19. The summed E-state index contributed by atoms with van der Waals surface area (Å²) in [5.41, 5.74) is 11.3. The summed E-state index contributed by atoms with van der Waals surface area (Å²) in [4.78, 5) is 15.3. The van der Waals surface area contributed by atoms with Gasteiger partial charge >= 0.3 is 0 Å². The molecule has 0 atom stereocenters. The lowest BCUT2D eigenvalue weighted by atomic mass is 9.96. The topological polar surface area (TPSA) is 51.8 Å². The largest absolute Gasteiger partial charge is 0.456 e. The molecule has 4 nitrogen and oxygen atoms in total. The first-order chi connectivity index (χ1) is 28.2. The van der Waals surface area contributed by atoms with Gasteiger partial charge in [0, 0.05) is 27.5 Å². The molecule has 57 heavy (non-hydrogen) atoms. The van der Waals surface area contributed by atoms with Crippen molar-refractivity contribution >= 4 is 43.5 Å². The minimum absolute atomic E-state index is 0.593. The summed E-state index contributed by atoms with van der Waals surface area (Å²) in [6.07, 6.45) is 0. The second kappa shape index (κ2) is 13.6. The Kier molecular flexibility index (Phi) is 7.78. The number of hydrogen-bond acceptors (Lipinski definition) is 4. The van der Waals surface area contributed by atoms with Gasteiger partial charge in [-0.25, -0.2) is 15.0 Å². The number of fused-ring (bicyclic) bond motifs is 6. The van der Waals surface area contributed by atoms with Crippen LogP contribution in [0.15, 0.2) is 205 Å². The van der Waals surface area contributed by atoms with Gasteiger partial charge in [0.05, 0.1) is 0 Å². The Labute approximate surface area is 329 Å². The molecule has 4 heteroatoms. The van der Waals surface area contributed by atoms with E-state index in [0.717, 1.165) is 60.9 Å². The Morgan fingerprint density at radius 2 is 0.789 bits per heavy atom. The average Bonchev–Trinajstić information content (AvgIpc) is 3.68. The molecule has 0 aliphatic carbocycles. The maximum absolute atomic E-state index is 6.47. The molecule has 0 fully saturated rings. The van der Waals surface area contributed by atoms with Gasteiger partial charge < -0.3 is 4.42 Å². The van der Waals surface area contributed by atoms with Gasteiger partial charge in [-0.2, -0.15) is 0 Å². The zero-order valence-electron chi connectivity index (χ0n) is 30.8. The molecule has 0 aliphatic heterocycles. The van der Waals surface area contributed by atoms with Crippen LogP contribution < -0.4 is 0 Å². The van der Waals surface area contributed by atoms with Gasteiger partial charge in [0.2, 0.25) is 0 Å². The van der Waals surface area contributed by atoms with Crippen molar-refractivity contribution in [3.63, 3.8) is 0 Å². The summed E-state index contributed by atoms with van der Waals surface area (Å²) in [6, 6.07) is 70.0. The van der Waals surface area contributed by atoms with Gasteiger partial charge in [0.1, 0.15) is 11.2 Å². The Morgan fingerprint density at radius 3 is 1.51 bits per heavy atom. The Morgan fingerprint density at radius 1 is 0.281 bits per heavy atom. The predicted molar refractivity (Wildman–Crippen MR) is 235 cm³/mol. The minimum Gasteiger partial charge on any atom is -0.456 e. The third kappa shape index (κ3) is 5.92. The van der Waals surface area contributed by atoms with Crippen molar-refractivity contribution in [1.82, 2.24) is 15.0 Å². The second-order valence-corrected chi connectivity index (χ2v) is 14.4. The van der Waals surface area contributed by atoms with Gasteiger partial charge in [0.25, 0.3) is 0 Å². The Balaban J connectivity index is 1.01. The van der Waals surface area contributed by atoms with Crippen molar-refractivity contribution in [2.24, 2.45) is 0 Å². The van der Waals surface area contributed by atoms with Gasteiger partial charge in [-0.1, -0.05) is 176 Å². The summed E-state index contributed by atoms with van der Waals surface area (Å²) >= 11 is 0. The van der Waals surface area contributed by atoms with Crippen LogP contribution in [0, 0.1) is 0 Å². The highest BCUT2D eigenvalue weighted by Crippen LogP contribution is 2.39. The first kappa shape index (κ1) is 32.7. The molecule has 0 spiro atoms. The van der Waals surface area contributed by atoms with E-state index in [9.17, 15) is 0 Å². The molecule has 0 saturated heterocycles. The van der Waals surface area contributed by atoms with Gasteiger partial charge in [0.15, 0.2) is 17.5 Å². The molecule has 2 aromatic heterocycles. The summed E-state index contributed by atoms with van der Waals surface area (Å²) in [5, 5.41) is 6.97. The zero-order chi connectivity index (χ0) is 37.7. The first-order valence-corrected chi connectivity index (χ1v) is 19.2. The lowest BCUT2D eigenvalue weighted by molar-refractivity contribution is 0.669. The van der Waals surface area contributed by atoms with Crippen molar-refractivity contribution in [1.29, 1.82) is 0 Å². The van der Waals surface area contributed by atoms with Crippen LogP contribution in [0.2, 0.25) is 0 Å². The maximum atomic E-state index is 6.47. The number of furan rings is 1. The fourth-order valence-corrected chi connectivity index (χ4v) is 8.02. The smallest absolute Gasteiger partial charge is 0.164 e. The first-order valence-electron chi connectivity index (χ1n) is 19.2. The van der Waals surface area contributed by atoms with E-state index in [2.05, 4.69) is 152 Å². The molecule has 266 valence electrons. The summed E-state index contributed by atoms with van der Waals surface area (Å²) in [5.74, 6) is 1.82. The van der Waals surface area contributed by atoms with Crippen LogP contribution in [-0.2, 0) is 0 Å². The van der Waals surface area contributed by atoms with Crippen LogP contribution in [0.4, 0.5) is 0 Å². The van der Waals surface area contributed by atoms with E-state index in [1.54, 1.807) is 0 Å². The zero-order valence-corrected chi connectivity index (χ0v) is 30.8. The van der Waals surface area contributed by atoms with Crippen molar-refractivity contribution in [3.05, 3.63) is 200 Å². The van der Waals surface area contributed by atoms with Crippen molar-refractivity contribution in [2.75, 3.05) is 0 Å². The number of benzene rings is 9. The normalized spacial score (nSPS) is 11.5. The molecule has 0 aliphatic rings. The summed E-state index contributed by atoms with van der Waals surface area (Å²) < 4.78 is 6.47. The summed E-state index contributed by atoms with van der Waals surface area (Å²) in [7, 11) is 0. The summed E-state index contributed by atoms with van der Waals surface area (Å²) in [6.45, 7) is 0. The van der Waals surface area contributed by atoms with E-state index in [-0.39, 0.29) is 0 Å². The van der Waals surface area contributed by atoms with E-state index in [4.69, 9.17) is 19.4 Å². The SMILES string of the molecule is c1ccc(-c2ccc(-c3ccc(-c4nc(-c5ccccc5)nc(-c5cccc6oc7ccc(-c8ccc9c(ccc%10ccccc%109)c8)cc7c56)n4)cc3)cc2)cc1. The molecule has 0 radical (unpaired) electrons. The fraction of sp³-hybridized carbons (Fsp3) is 0. The van der Waals surface area contributed by atoms with Crippen molar-refractivity contribution in [3.8, 4) is 67.5 Å². The lowest BCUT2D eigenvalue weighted by Crippen LogP contribution is -2.00. The van der Waals surface area contributed by atoms with Crippen LogP contribution in [0.3, 0.4) is 0 Å². The molecule has 2 heterocycles. The van der Waals surface area contributed by atoms with E-state index < -0.39 is 0 Å². The highest BCUT2D eigenvalue weighted by atomic mass is 16.3. The second-order valence-electron chi connectivity index (χ2n) is 14.4. The molecule has 11 rings (SSSR count). The highest BCUT2D eigenvalue weighted by molar-refractivity contribution is 6.13. The minimum atomic E-state index is 0.593. The lowest BCUT2D eigenvalue weighted by Gasteiger charge is -2.10. The van der Waals surface area contributed by atoms with E-state index in [1.165, 1.54) is 32.7 Å². The van der Waals surface area contributed by atoms with Gasteiger partial charge in [-0.3, -0.25) is 0 Å². The molecular weight excluding hydrogens is 695 g/mol. The number of aromatic nitrogens is 3. The molecule has 0 bridgehead atoms. The Bertz CT molecular complexity index is 3260. The fourth-order valence-electron chi connectivity index (χ4n) is 8.02. The molecule has 11 aromatic rings. The monoisotopic (exact) mass is 727 g/mol. The van der Waals surface area contributed by atoms with E-state index >= 15 is 0 Å². The third-order valence-corrected chi connectivity index (χ3v) is 11.0. The molecular formula is C53H33N3O. The molecule has 0 unspecified atom stereocenters. The molecule has 9 aromatic carbocycles.